The average Bonchev–Trinajstić information content (AvgIpc) is 3.16. The first-order chi connectivity index (χ1) is 12.8. The lowest BCUT2D eigenvalue weighted by Crippen LogP contribution is -2.16. The average molecular weight is 351 g/mol. The molecule has 0 saturated carbocycles. The van der Waals surface area contributed by atoms with Crippen molar-refractivity contribution in [1.82, 2.24) is 10.4 Å². The fourth-order valence-electron chi connectivity index (χ4n) is 2.14. The number of ether oxygens (including phenoxy) is 2. The predicted molar refractivity (Wildman–Crippen MR) is 95.3 cm³/mol. The summed E-state index contributed by atoms with van der Waals surface area (Å²) in [6, 6.07) is 14.1. The van der Waals surface area contributed by atoms with Gasteiger partial charge < -0.3 is 13.9 Å². The minimum atomic E-state index is -0.450. The maximum Gasteiger partial charge on any atom is 0.307 e. The van der Waals surface area contributed by atoms with Gasteiger partial charge in [0, 0.05) is 18.0 Å². The molecule has 0 spiro atoms. The number of nitrogens with one attached hydrogen (secondary N) is 1. The summed E-state index contributed by atoms with van der Waals surface area (Å²) in [6.07, 6.45) is 4.79. The number of rotatable bonds is 7. The van der Waals surface area contributed by atoms with Crippen LogP contribution < -0.4 is 14.9 Å². The first-order valence-corrected chi connectivity index (χ1v) is 7.84. The Labute approximate surface area is 150 Å². The highest BCUT2D eigenvalue weighted by molar-refractivity contribution is 5.92. The van der Waals surface area contributed by atoms with E-state index < -0.39 is 5.91 Å². The number of carbonyl (C=O) groups excluding carboxylic acids is 1. The summed E-state index contributed by atoms with van der Waals surface area (Å²) >= 11 is 0. The van der Waals surface area contributed by atoms with Gasteiger partial charge in [0.25, 0.3) is 0 Å². The molecule has 0 fully saturated rings. The molecule has 0 unspecified atom stereocenters. The van der Waals surface area contributed by atoms with Gasteiger partial charge in [-0.1, -0.05) is 18.2 Å². The van der Waals surface area contributed by atoms with Crippen LogP contribution in [0.2, 0.25) is 0 Å². The third kappa shape index (κ3) is 4.47. The van der Waals surface area contributed by atoms with Crippen molar-refractivity contribution in [3.05, 3.63) is 78.0 Å². The molecule has 3 rings (SSSR count). The number of hydrazone groups is 1. The maximum atomic E-state index is 12.0. The summed E-state index contributed by atoms with van der Waals surface area (Å²) in [5.41, 5.74) is 3.18. The van der Waals surface area contributed by atoms with E-state index in [1.165, 1.54) is 6.21 Å². The molecule has 1 amide bonds. The lowest BCUT2D eigenvalue weighted by Gasteiger charge is -2.08. The zero-order valence-corrected chi connectivity index (χ0v) is 14.1. The van der Waals surface area contributed by atoms with E-state index in [1.807, 2.05) is 18.2 Å². The van der Waals surface area contributed by atoms with Crippen LogP contribution in [0.4, 0.5) is 0 Å². The van der Waals surface area contributed by atoms with Gasteiger partial charge in [-0.15, -0.1) is 0 Å². The first-order valence-electron chi connectivity index (χ1n) is 7.84. The number of hydrogen-bond acceptors (Lipinski definition) is 6. The van der Waals surface area contributed by atoms with Gasteiger partial charge in [0.15, 0.2) is 17.3 Å². The van der Waals surface area contributed by atoms with Crippen LogP contribution in [-0.4, -0.2) is 24.2 Å². The Hall–Kier alpha value is -3.61. The monoisotopic (exact) mass is 351 g/mol. The topological polar surface area (TPSA) is 86.0 Å². The van der Waals surface area contributed by atoms with E-state index in [9.17, 15) is 4.79 Å². The third-order valence-electron chi connectivity index (χ3n) is 3.39. The van der Waals surface area contributed by atoms with E-state index in [0.717, 1.165) is 5.56 Å². The second-order valence-corrected chi connectivity index (χ2v) is 5.19. The summed E-state index contributed by atoms with van der Waals surface area (Å²) in [5, 5.41) is 3.87. The molecule has 0 aliphatic heterocycles. The van der Waals surface area contributed by atoms with Crippen LogP contribution >= 0.6 is 0 Å². The van der Waals surface area contributed by atoms with Gasteiger partial charge >= 0.3 is 5.91 Å². The molecule has 7 heteroatoms. The maximum absolute atomic E-state index is 12.0. The molecule has 1 aromatic carbocycles. The van der Waals surface area contributed by atoms with E-state index in [0.29, 0.717) is 17.3 Å². The Balaban J connectivity index is 1.55. The van der Waals surface area contributed by atoms with Crippen molar-refractivity contribution >= 4 is 12.1 Å². The molecule has 132 valence electrons. The Morgan fingerprint density at radius 2 is 2.04 bits per heavy atom. The summed E-state index contributed by atoms with van der Waals surface area (Å²) in [7, 11) is 1.57. The molecule has 3 aromatic rings. The van der Waals surface area contributed by atoms with Crippen LogP contribution in [0.15, 0.2) is 70.4 Å². The quantitative estimate of drug-likeness (QED) is 0.522. The fraction of sp³-hybridized carbons (Fsp3) is 0.105. The zero-order valence-electron chi connectivity index (χ0n) is 14.1. The van der Waals surface area contributed by atoms with Crippen LogP contribution in [0.3, 0.4) is 0 Å². The normalized spacial score (nSPS) is 10.7. The second-order valence-electron chi connectivity index (χ2n) is 5.19. The van der Waals surface area contributed by atoms with E-state index in [-0.39, 0.29) is 12.4 Å². The molecular weight excluding hydrogens is 334 g/mol. The smallest absolute Gasteiger partial charge is 0.307 e. The number of hydrogen-bond donors (Lipinski definition) is 1. The second kappa shape index (κ2) is 8.48. The van der Waals surface area contributed by atoms with Gasteiger partial charge in [0.2, 0.25) is 0 Å². The summed E-state index contributed by atoms with van der Waals surface area (Å²) in [4.78, 5) is 16.0. The molecule has 26 heavy (non-hydrogen) atoms. The minimum Gasteiger partial charge on any atom is -0.493 e. The molecule has 7 nitrogen and oxygen atoms in total. The highest BCUT2D eigenvalue weighted by Crippen LogP contribution is 2.26. The molecule has 0 atom stereocenters. The van der Waals surface area contributed by atoms with Gasteiger partial charge in [0.1, 0.15) is 12.4 Å². The molecule has 0 aliphatic carbocycles. The van der Waals surface area contributed by atoms with E-state index >= 15 is 0 Å². The molecular formula is C19H17N3O4. The number of carbonyl (C=O) groups is 1. The van der Waals surface area contributed by atoms with Crippen LogP contribution in [0, 0.1) is 0 Å². The number of amides is 1. The number of pyridine rings is 1. The van der Waals surface area contributed by atoms with Gasteiger partial charge in [-0.25, -0.2) is 5.43 Å². The first kappa shape index (κ1) is 17.2. The Bertz CT molecular complexity index is 891. The Morgan fingerprint density at radius 3 is 2.81 bits per heavy atom. The summed E-state index contributed by atoms with van der Waals surface area (Å²) in [6.45, 7) is 0.173. The largest absolute Gasteiger partial charge is 0.493 e. The van der Waals surface area contributed by atoms with Gasteiger partial charge in [-0.05, 0) is 30.3 Å². The highest BCUT2D eigenvalue weighted by Gasteiger charge is 2.11. The standard InChI is InChI=1S/C19H17N3O4/c1-24-16-6-2-3-7-17(16)25-13-15-8-9-18(26-15)19(23)22-21-12-14-5-4-10-20-11-14/h2-12H,13H2,1H3,(H,22,23)/b21-12+. The van der Waals surface area contributed by atoms with Crippen molar-refractivity contribution in [3.8, 4) is 11.5 Å². The molecule has 0 saturated heterocycles. The van der Waals surface area contributed by atoms with Crippen molar-refractivity contribution in [3.63, 3.8) is 0 Å². The number of benzene rings is 1. The molecule has 1 N–H and O–H groups in total. The van der Waals surface area contributed by atoms with Crippen molar-refractivity contribution in [2.24, 2.45) is 5.10 Å². The summed E-state index contributed by atoms with van der Waals surface area (Å²) < 4.78 is 16.4. The molecule has 0 radical (unpaired) electrons. The molecule has 0 aliphatic rings. The number of para-hydroxylation sites is 2. The lowest BCUT2D eigenvalue weighted by atomic mass is 10.3. The van der Waals surface area contributed by atoms with Crippen molar-refractivity contribution in [2.45, 2.75) is 6.61 Å². The van der Waals surface area contributed by atoms with E-state index in [4.69, 9.17) is 13.9 Å². The van der Waals surface area contributed by atoms with Crippen molar-refractivity contribution in [2.75, 3.05) is 7.11 Å². The number of furan rings is 1. The summed E-state index contributed by atoms with van der Waals surface area (Å²) in [5.74, 6) is 1.43. The van der Waals surface area contributed by atoms with Crippen LogP contribution in [0.5, 0.6) is 11.5 Å². The SMILES string of the molecule is COc1ccccc1OCc1ccc(C(=O)N/N=C/c2cccnc2)o1. The van der Waals surface area contributed by atoms with Gasteiger partial charge in [-0.3, -0.25) is 9.78 Å². The van der Waals surface area contributed by atoms with E-state index in [2.05, 4.69) is 15.5 Å². The van der Waals surface area contributed by atoms with Gasteiger partial charge in [0.05, 0.1) is 13.3 Å². The molecule has 2 heterocycles. The van der Waals surface area contributed by atoms with Crippen molar-refractivity contribution in [1.29, 1.82) is 0 Å². The Morgan fingerprint density at radius 1 is 1.19 bits per heavy atom. The number of methoxy groups -OCH3 is 1. The molecule has 2 aromatic heterocycles. The van der Waals surface area contributed by atoms with Crippen LogP contribution in [0.25, 0.3) is 0 Å². The van der Waals surface area contributed by atoms with Gasteiger partial charge in [-0.2, -0.15) is 5.10 Å². The molecule has 0 bridgehead atoms. The van der Waals surface area contributed by atoms with Crippen molar-refractivity contribution < 1.29 is 18.7 Å². The van der Waals surface area contributed by atoms with E-state index in [1.54, 1.807) is 49.8 Å². The number of aromatic nitrogens is 1. The Kier molecular flexibility index (Phi) is 5.61. The fourth-order valence-corrected chi connectivity index (χ4v) is 2.14. The third-order valence-corrected chi connectivity index (χ3v) is 3.39. The zero-order chi connectivity index (χ0) is 18.2. The lowest BCUT2D eigenvalue weighted by molar-refractivity contribution is 0.0923. The minimum absolute atomic E-state index is 0.145. The predicted octanol–water partition coefficient (Wildman–Crippen LogP) is 3.03. The number of nitrogens with zero attached hydrogens (tertiary/aromatic N) is 2. The highest BCUT2D eigenvalue weighted by atomic mass is 16.5. The van der Waals surface area contributed by atoms with Crippen LogP contribution in [-0.2, 0) is 6.61 Å². The van der Waals surface area contributed by atoms with Crippen LogP contribution in [0.1, 0.15) is 21.9 Å².